The van der Waals surface area contributed by atoms with Crippen LogP contribution in [0.1, 0.15) is 58.8 Å². The van der Waals surface area contributed by atoms with Gasteiger partial charge in [-0.2, -0.15) is 0 Å². The van der Waals surface area contributed by atoms with E-state index in [2.05, 4.69) is 12.2 Å². The molecule has 1 aliphatic rings. The number of hydrogen-bond acceptors (Lipinski definition) is 5. The molecular formula is C23H36N2O4. The van der Waals surface area contributed by atoms with Gasteiger partial charge in [-0.3, -0.25) is 9.59 Å². The number of rotatable bonds is 12. The summed E-state index contributed by atoms with van der Waals surface area (Å²) in [5.74, 6) is 0.699. The number of piperidine rings is 1. The third-order valence-electron chi connectivity index (χ3n) is 5.28. The van der Waals surface area contributed by atoms with Crippen LogP contribution >= 0.6 is 0 Å². The van der Waals surface area contributed by atoms with Crippen molar-refractivity contribution in [2.45, 2.75) is 58.8 Å². The number of unbranched alkanes of at least 4 members (excludes halogenated alkanes) is 4. The van der Waals surface area contributed by atoms with E-state index in [4.69, 9.17) is 9.47 Å². The first kappa shape index (κ1) is 23.0. The van der Waals surface area contributed by atoms with Gasteiger partial charge in [0.05, 0.1) is 25.7 Å². The van der Waals surface area contributed by atoms with Crippen molar-refractivity contribution in [2.24, 2.45) is 5.92 Å². The number of ether oxygens (including phenoxy) is 2. The Morgan fingerprint density at radius 1 is 1.03 bits per heavy atom. The van der Waals surface area contributed by atoms with Gasteiger partial charge in [-0.05, 0) is 50.5 Å². The lowest BCUT2D eigenvalue weighted by Crippen LogP contribution is -2.43. The minimum atomic E-state index is -0.138. The van der Waals surface area contributed by atoms with Crippen LogP contribution in [-0.4, -0.2) is 49.6 Å². The maximum atomic E-state index is 12.4. The standard InChI is InChI=1S/C23H36N2O4/c1-3-5-6-7-8-17-29-21-11-9-20(10-12-21)24-18-22(26)25-15-13-19(14-16-25)23(27)28-4-2/h9-12,19,24H,3-8,13-18H2,1-2H3. The molecule has 0 radical (unpaired) electrons. The molecule has 0 spiro atoms. The quantitative estimate of drug-likeness (QED) is 0.417. The number of benzene rings is 1. The fourth-order valence-electron chi connectivity index (χ4n) is 3.48. The summed E-state index contributed by atoms with van der Waals surface area (Å²) in [6, 6.07) is 7.74. The predicted octanol–water partition coefficient (Wildman–Crippen LogP) is 4.25. The number of amides is 1. The van der Waals surface area contributed by atoms with Gasteiger partial charge in [-0.15, -0.1) is 0 Å². The number of carbonyl (C=O) groups is 2. The summed E-state index contributed by atoms with van der Waals surface area (Å²) >= 11 is 0. The highest BCUT2D eigenvalue weighted by Crippen LogP contribution is 2.19. The van der Waals surface area contributed by atoms with Crippen LogP contribution < -0.4 is 10.1 Å². The first-order valence-corrected chi connectivity index (χ1v) is 11.0. The van der Waals surface area contributed by atoms with E-state index in [1.54, 1.807) is 0 Å². The second-order valence-corrected chi connectivity index (χ2v) is 7.55. The van der Waals surface area contributed by atoms with Crippen molar-refractivity contribution in [2.75, 3.05) is 38.2 Å². The molecule has 0 unspecified atom stereocenters. The van der Waals surface area contributed by atoms with Crippen LogP contribution in [0.4, 0.5) is 5.69 Å². The lowest BCUT2D eigenvalue weighted by atomic mass is 9.97. The molecule has 0 aromatic heterocycles. The molecule has 1 aromatic rings. The SMILES string of the molecule is CCCCCCCOc1ccc(NCC(=O)N2CCC(C(=O)OCC)CC2)cc1. The summed E-state index contributed by atoms with van der Waals surface area (Å²) < 4.78 is 10.8. The van der Waals surface area contributed by atoms with Gasteiger partial charge in [0, 0.05) is 18.8 Å². The third kappa shape index (κ3) is 8.34. The fourth-order valence-corrected chi connectivity index (χ4v) is 3.48. The van der Waals surface area contributed by atoms with E-state index in [9.17, 15) is 9.59 Å². The number of carbonyl (C=O) groups excluding carboxylic acids is 2. The summed E-state index contributed by atoms with van der Waals surface area (Å²) in [5.41, 5.74) is 0.898. The molecule has 6 nitrogen and oxygen atoms in total. The fraction of sp³-hybridized carbons (Fsp3) is 0.652. The molecule has 1 saturated heterocycles. The van der Waals surface area contributed by atoms with Crippen LogP contribution in [0.5, 0.6) is 5.75 Å². The van der Waals surface area contributed by atoms with E-state index >= 15 is 0 Å². The molecule has 1 aromatic carbocycles. The van der Waals surface area contributed by atoms with Crippen molar-refractivity contribution in [1.29, 1.82) is 0 Å². The molecule has 0 aliphatic carbocycles. The van der Waals surface area contributed by atoms with E-state index in [-0.39, 0.29) is 24.3 Å². The van der Waals surface area contributed by atoms with Crippen molar-refractivity contribution < 1.29 is 19.1 Å². The van der Waals surface area contributed by atoms with E-state index in [0.717, 1.165) is 24.5 Å². The first-order valence-electron chi connectivity index (χ1n) is 11.0. The van der Waals surface area contributed by atoms with Crippen molar-refractivity contribution in [3.63, 3.8) is 0 Å². The Balaban J connectivity index is 1.64. The Bertz CT molecular complexity index is 610. The lowest BCUT2D eigenvalue weighted by Gasteiger charge is -2.31. The summed E-state index contributed by atoms with van der Waals surface area (Å²) in [7, 11) is 0. The Morgan fingerprint density at radius 2 is 1.72 bits per heavy atom. The van der Waals surface area contributed by atoms with Crippen molar-refractivity contribution >= 4 is 17.6 Å². The van der Waals surface area contributed by atoms with Crippen LogP contribution in [-0.2, 0) is 14.3 Å². The summed E-state index contributed by atoms with van der Waals surface area (Å²) in [6.45, 7) is 6.65. The van der Waals surface area contributed by atoms with Crippen LogP contribution in [0.25, 0.3) is 0 Å². The molecule has 0 saturated carbocycles. The van der Waals surface area contributed by atoms with Gasteiger partial charge in [0.2, 0.25) is 5.91 Å². The molecule has 0 bridgehead atoms. The number of esters is 1. The zero-order chi connectivity index (χ0) is 20.9. The molecule has 162 valence electrons. The highest BCUT2D eigenvalue weighted by molar-refractivity contribution is 5.81. The molecule has 1 heterocycles. The Labute approximate surface area is 174 Å². The number of likely N-dealkylation sites (tertiary alicyclic amines) is 1. The second kappa shape index (κ2) is 13.1. The van der Waals surface area contributed by atoms with Crippen molar-refractivity contribution in [3.8, 4) is 5.75 Å². The van der Waals surface area contributed by atoms with E-state index in [1.807, 2.05) is 36.1 Å². The van der Waals surface area contributed by atoms with E-state index in [0.29, 0.717) is 32.5 Å². The maximum Gasteiger partial charge on any atom is 0.309 e. The van der Waals surface area contributed by atoms with Crippen LogP contribution in [0.2, 0.25) is 0 Å². The van der Waals surface area contributed by atoms with Gasteiger partial charge >= 0.3 is 5.97 Å². The second-order valence-electron chi connectivity index (χ2n) is 7.55. The van der Waals surface area contributed by atoms with Gasteiger partial charge in [0.1, 0.15) is 5.75 Å². The van der Waals surface area contributed by atoms with Gasteiger partial charge in [-0.25, -0.2) is 0 Å². The van der Waals surface area contributed by atoms with Crippen molar-refractivity contribution in [1.82, 2.24) is 4.90 Å². The molecule has 1 aliphatic heterocycles. The molecule has 29 heavy (non-hydrogen) atoms. The molecule has 2 rings (SSSR count). The number of hydrogen-bond donors (Lipinski definition) is 1. The third-order valence-corrected chi connectivity index (χ3v) is 5.28. The molecule has 1 amide bonds. The average Bonchev–Trinajstić information content (AvgIpc) is 2.75. The monoisotopic (exact) mass is 404 g/mol. The number of nitrogens with zero attached hydrogens (tertiary/aromatic N) is 1. The topological polar surface area (TPSA) is 67.9 Å². The molecule has 6 heteroatoms. The highest BCUT2D eigenvalue weighted by atomic mass is 16.5. The van der Waals surface area contributed by atoms with E-state index in [1.165, 1.54) is 25.7 Å². The lowest BCUT2D eigenvalue weighted by molar-refractivity contribution is -0.151. The molecule has 1 fully saturated rings. The van der Waals surface area contributed by atoms with Crippen LogP contribution in [0.3, 0.4) is 0 Å². The summed E-state index contributed by atoms with van der Waals surface area (Å²) in [5, 5.41) is 3.18. The number of nitrogens with one attached hydrogen (secondary N) is 1. The summed E-state index contributed by atoms with van der Waals surface area (Å²) in [4.78, 5) is 26.0. The predicted molar refractivity (Wildman–Crippen MR) is 115 cm³/mol. The maximum absolute atomic E-state index is 12.4. The van der Waals surface area contributed by atoms with E-state index < -0.39 is 0 Å². The number of anilines is 1. The van der Waals surface area contributed by atoms with Crippen molar-refractivity contribution in [3.05, 3.63) is 24.3 Å². The smallest absolute Gasteiger partial charge is 0.309 e. The normalized spacial score (nSPS) is 14.5. The minimum absolute atomic E-state index is 0.0553. The van der Waals surface area contributed by atoms with Crippen LogP contribution in [0, 0.1) is 5.92 Å². The van der Waals surface area contributed by atoms with Gasteiger partial charge in [0.25, 0.3) is 0 Å². The average molecular weight is 405 g/mol. The Kier molecular flexibility index (Phi) is 10.4. The largest absolute Gasteiger partial charge is 0.494 e. The molecular weight excluding hydrogens is 368 g/mol. The molecule has 0 atom stereocenters. The minimum Gasteiger partial charge on any atom is -0.494 e. The van der Waals surface area contributed by atoms with Gasteiger partial charge < -0.3 is 19.7 Å². The van der Waals surface area contributed by atoms with Gasteiger partial charge in [0.15, 0.2) is 0 Å². The summed E-state index contributed by atoms with van der Waals surface area (Å²) in [6.07, 6.45) is 7.47. The van der Waals surface area contributed by atoms with Crippen LogP contribution in [0.15, 0.2) is 24.3 Å². The Morgan fingerprint density at radius 3 is 2.38 bits per heavy atom. The zero-order valence-electron chi connectivity index (χ0n) is 18.0. The zero-order valence-corrected chi connectivity index (χ0v) is 18.0. The Hall–Kier alpha value is -2.24. The molecule has 1 N–H and O–H groups in total. The highest BCUT2D eigenvalue weighted by Gasteiger charge is 2.27. The van der Waals surface area contributed by atoms with Gasteiger partial charge in [-0.1, -0.05) is 32.6 Å². The first-order chi connectivity index (χ1) is 14.1.